The molecule has 4 rings (SSSR count). The van der Waals surface area contributed by atoms with Crippen molar-refractivity contribution in [3.05, 3.63) is 83.4 Å². The largest absolute Gasteiger partial charge is 0.392 e. The zero-order valence-electron chi connectivity index (χ0n) is 13.8. The van der Waals surface area contributed by atoms with Gasteiger partial charge in [-0.2, -0.15) is 0 Å². The highest BCUT2D eigenvalue weighted by atomic mass is 19.1. The van der Waals surface area contributed by atoms with Crippen LogP contribution in [0, 0.1) is 11.6 Å². The van der Waals surface area contributed by atoms with Gasteiger partial charge in [0.1, 0.15) is 11.6 Å². The first kappa shape index (κ1) is 16.6. The van der Waals surface area contributed by atoms with E-state index in [9.17, 15) is 10.2 Å². The first-order valence-corrected chi connectivity index (χ1v) is 8.28. The lowest BCUT2D eigenvalue weighted by Gasteiger charge is -2.17. The fourth-order valence-electron chi connectivity index (χ4n) is 3.51. The molecule has 0 unspecified atom stereocenters. The molecule has 0 aliphatic heterocycles. The van der Waals surface area contributed by atoms with Gasteiger partial charge in [-0.3, -0.25) is 0 Å². The number of fused-ring (bicyclic) bond motifs is 2. The summed E-state index contributed by atoms with van der Waals surface area (Å²) in [7, 11) is 0. The topological polar surface area (TPSA) is 40.5 Å². The maximum absolute atomic E-state index is 15.3. The Bertz CT molecular complexity index is 1040. The predicted molar refractivity (Wildman–Crippen MR) is 98.7 cm³/mol. The van der Waals surface area contributed by atoms with Crippen LogP contribution in [0.25, 0.3) is 32.7 Å². The van der Waals surface area contributed by atoms with Crippen molar-refractivity contribution >= 4 is 21.5 Å². The fraction of sp³-hybridized carbons (Fsp3) is 0.0909. The van der Waals surface area contributed by atoms with Gasteiger partial charge in [0.15, 0.2) is 0 Å². The summed E-state index contributed by atoms with van der Waals surface area (Å²) in [4.78, 5) is 0. The molecule has 0 aliphatic rings. The van der Waals surface area contributed by atoms with Crippen LogP contribution in [0.15, 0.2) is 60.7 Å². The van der Waals surface area contributed by atoms with E-state index in [4.69, 9.17) is 0 Å². The minimum atomic E-state index is -0.601. The Morgan fingerprint density at radius 2 is 1.00 bits per heavy atom. The second-order valence-corrected chi connectivity index (χ2v) is 6.21. The summed E-state index contributed by atoms with van der Waals surface area (Å²) in [6.07, 6.45) is 0. The van der Waals surface area contributed by atoms with E-state index in [2.05, 4.69) is 0 Å². The van der Waals surface area contributed by atoms with Gasteiger partial charge in [0.2, 0.25) is 0 Å². The van der Waals surface area contributed by atoms with E-state index in [1.165, 1.54) is 0 Å². The van der Waals surface area contributed by atoms with E-state index in [0.717, 1.165) is 0 Å². The first-order chi connectivity index (χ1) is 12.7. The van der Waals surface area contributed by atoms with Crippen molar-refractivity contribution in [3.8, 4) is 11.1 Å². The van der Waals surface area contributed by atoms with Gasteiger partial charge in [-0.05, 0) is 34.0 Å². The van der Waals surface area contributed by atoms with E-state index in [0.29, 0.717) is 21.5 Å². The molecule has 0 spiro atoms. The molecule has 0 fully saturated rings. The molecule has 2 nitrogen and oxygen atoms in total. The zero-order valence-corrected chi connectivity index (χ0v) is 13.8. The third-order valence-electron chi connectivity index (χ3n) is 4.73. The highest BCUT2D eigenvalue weighted by Crippen LogP contribution is 2.39. The van der Waals surface area contributed by atoms with Crippen LogP contribution in [0.3, 0.4) is 0 Å². The van der Waals surface area contributed by atoms with Gasteiger partial charge >= 0.3 is 0 Å². The lowest BCUT2D eigenvalue weighted by atomic mass is 9.89. The third kappa shape index (κ3) is 2.46. The molecule has 0 amide bonds. The SMILES string of the molecule is OCc1cc2ccccc2c(F)c1-c1c(CO)cc2ccccc2c1F. The second kappa shape index (κ2) is 6.48. The Morgan fingerprint density at radius 1 is 0.615 bits per heavy atom. The van der Waals surface area contributed by atoms with E-state index in [1.807, 2.05) is 0 Å². The van der Waals surface area contributed by atoms with Crippen LogP contribution in [0.4, 0.5) is 8.78 Å². The summed E-state index contributed by atoms with van der Waals surface area (Å²) in [5, 5.41) is 21.5. The summed E-state index contributed by atoms with van der Waals surface area (Å²) < 4.78 is 30.7. The number of benzene rings is 4. The minimum Gasteiger partial charge on any atom is -0.392 e. The van der Waals surface area contributed by atoms with E-state index in [-0.39, 0.29) is 22.3 Å². The van der Waals surface area contributed by atoms with Crippen molar-refractivity contribution in [2.24, 2.45) is 0 Å². The molecule has 130 valence electrons. The van der Waals surface area contributed by atoms with Crippen LogP contribution in [-0.2, 0) is 13.2 Å². The average molecular weight is 350 g/mol. The summed E-state index contributed by atoms with van der Waals surface area (Å²) in [5.41, 5.74) is 0.562. The molecule has 4 heteroatoms. The predicted octanol–water partition coefficient (Wildman–Crippen LogP) is 4.92. The molecule has 4 aromatic carbocycles. The number of aliphatic hydroxyl groups is 2. The van der Waals surface area contributed by atoms with E-state index >= 15 is 8.78 Å². The van der Waals surface area contributed by atoms with E-state index in [1.54, 1.807) is 60.7 Å². The molecular weight excluding hydrogens is 334 g/mol. The maximum Gasteiger partial charge on any atom is 0.139 e. The summed E-state index contributed by atoms with van der Waals surface area (Å²) in [6, 6.07) is 17.0. The number of aliphatic hydroxyl groups excluding tert-OH is 2. The van der Waals surface area contributed by atoms with Crippen LogP contribution in [0.2, 0.25) is 0 Å². The molecule has 2 N–H and O–H groups in total. The lowest BCUT2D eigenvalue weighted by molar-refractivity contribution is 0.279. The minimum absolute atomic E-state index is 0.00139. The Morgan fingerprint density at radius 3 is 1.38 bits per heavy atom. The molecule has 0 heterocycles. The quantitative estimate of drug-likeness (QED) is 0.550. The van der Waals surface area contributed by atoms with Crippen molar-refractivity contribution in [2.75, 3.05) is 0 Å². The Balaban J connectivity index is 2.16. The highest BCUT2D eigenvalue weighted by Gasteiger charge is 2.22. The lowest BCUT2D eigenvalue weighted by Crippen LogP contribution is -2.02. The van der Waals surface area contributed by atoms with Gasteiger partial charge in [0.25, 0.3) is 0 Å². The molecule has 0 aliphatic carbocycles. The van der Waals surface area contributed by atoms with Crippen molar-refractivity contribution in [2.45, 2.75) is 13.2 Å². The van der Waals surface area contributed by atoms with Crippen LogP contribution in [0.5, 0.6) is 0 Å². The highest BCUT2D eigenvalue weighted by molar-refractivity contribution is 5.95. The van der Waals surface area contributed by atoms with Crippen LogP contribution in [-0.4, -0.2) is 10.2 Å². The molecule has 4 aromatic rings. The van der Waals surface area contributed by atoms with Crippen LogP contribution < -0.4 is 0 Å². The molecule has 0 bridgehead atoms. The number of halogens is 2. The molecule has 0 radical (unpaired) electrons. The molecule has 26 heavy (non-hydrogen) atoms. The Labute approximate surface area is 149 Å². The molecule has 0 saturated carbocycles. The number of rotatable bonds is 3. The summed E-state index contributed by atoms with van der Waals surface area (Å²) >= 11 is 0. The Kier molecular flexibility index (Phi) is 4.15. The van der Waals surface area contributed by atoms with Crippen molar-refractivity contribution in [1.82, 2.24) is 0 Å². The van der Waals surface area contributed by atoms with Gasteiger partial charge < -0.3 is 10.2 Å². The molecule has 0 saturated heterocycles. The van der Waals surface area contributed by atoms with Crippen molar-refractivity contribution in [1.29, 1.82) is 0 Å². The van der Waals surface area contributed by atoms with Gasteiger partial charge in [-0.15, -0.1) is 0 Å². The van der Waals surface area contributed by atoms with Crippen molar-refractivity contribution < 1.29 is 19.0 Å². The monoisotopic (exact) mass is 350 g/mol. The average Bonchev–Trinajstić information content (AvgIpc) is 2.68. The standard InChI is InChI=1S/C22H16F2O2/c23-21-17-7-3-1-5-13(17)9-15(11-25)19(21)20-16(12-26)10-14-6-2-4-8-18(14)22(20)24/h1-10,25-26H,11-12H2. The van der Waals surface area contributed by atoms with Gasteiger partial charge in [0, 0.05) is 21.9 Å². The summed E-state index contributed by atoms with van der Waals surface area (Å²) in [6.45, 7) is -0.873. The first-order valence-electron chi connectivity index (χ1n) is 8.28. The van der Waals surface area contributed by atoms with Crippen LogP contribution >= 0.6 is 0 Å². The third-order valence-corrected chi connectivity index (χ3v) is 4.73. The normalized spacial score (nSPS) is 11.4. The molecule has 0 aromatic heterocycles. The zero-order chi connectivity index (χ0) is 18.3. The fourth-order valence-corrected chi connectivity index (χ4v) is 3.51. The molecule has 0 atom stereocenters. The number of hydrogen-bond donors (Lipinski definition) is 2. The molecular formula is C22H16F2O2. The van der Waals surface area contributed by atoms with Gasteiger partial charge in [-0.25, -0.2) is 8.78 Å². The Hall–Kier alpha value is -2.82. The van der Waals surface area contributed by atoms with Crippen LogP contribution in [0.1, 0.15) is 11.1 Å². The maximum atomic E-state index is 15.3. The number of hydrogen-bond acceptors (Lipinski definition) is 2. The second-order valence-electron chi connectivity index (χ2n) is 6.21. The van der Waals surface area contributed by atoms with E-state index < -0.39 is 24.8 Å². The van der Waals surface area contributed by atoms with Crippen molar-refractivity contribution in [3.63, 3.8) is 0 Å². The summed E-state index contributed by atoms with van der Waals surface area (Å²) in [5.74, 6) is -1.20. The smallest absolute Gasteiger partial charge is 0.139 e. The van der Waals surface area contributed by atoms with Gasteiger partial charge in [0.05, 0.1) is 13.2 Å². The van der Waals surface area contributed by atoms with Gasteiger partial charge in [-0.1, -0.05) is 48.5 Å².